The van der Waals surface area contributed by atoms with Gasteiger partial charge in [0.1, 0.15) is 0 Å². The van der Waals surface area contributed by atoms with Gasteiger partial charge >= 0.3 is 0 Å². The highest BCUT2D eigenvalue weighted by atomic mass is 32.2. The number of Topliss-reactive ketones (excluding diaryl/α,β-unsaturated/α-hetero) is 2. The third kappa shape index (κ3) is 3.47. The van der Waals surface area contributed by atoms with Crippen molar-refractivity contribution in [2.24, 2.45) is 5.92 Å². The topological polar surface area (TPSA) is 78.4 Å². The van der Waals surface area contributed by atoms with Crippen LogP contribution in [0.25, 0.3) is 0 Å². The molecule has 3 N–H and O–H groups in total. The third-order valence-electron chi connectivity index (χ3n) is 5.66. The molecule has 0 amide bonds. The maximum atomic E-state index is 13.2. The van der Waals surface area contributed by atoms with Crippen molar-refractivity contribution >= 4 is 35.1 Å². The van der Waals surface area contributed by atoms with Gasteiger partial charge in [-0.05, 0) is 30.4 Å². The van der Waals surface area contributed by atoms with E-state index in [0.717, 1.165) is 19.3 Å². The number of aliphatic hydroxyl groups is 1. The Hall–Kier alpha value is -0.860. The summed E-state index contributed by atoms with van der Waals surface area (Å²) < 4.78 is 0. The van der Waals surface area contributed by atoms with Gasteiger partial charge < -0.3 is 10.4 Å². The molecule has 4 rings (SSSR count). The van der Waals surface area contributed by atoms with E-state index in [4.69, 9.17) is 0 Å². The van der Waals surface area contributed by atoms with Crippen molar-refractivity contribution in [2.75, 3.05) is 18.4 Å². The van der Waals surface area contributed by atoms with Crippen molar-refractivity contribution in [3.8, 4) is 0 Å². The summed E-state index contributed by atoms with van der Waals surface area (Å²) in [5.41, 5.74) is 2.62. The molecule has 0 bridgehead atoms. The zero-order valence-corrected chi connectivity index (χ0v) is 16.2. The number of hydrogen-bond donors (Lipinski definition) is 3. The smallest absolute Gasteiger partial charge is 0.165 e. The number of nitrogens with one attached hydrogen (secondary N) is 2. The minimum atomic E-state index is -0.434. The second kappa shape index (κ2) is 8.02. The van der Waals surface area contributed by atoms with Crippen LogP contribution in [-0.2, 0) is 22.4 Å². The van der Waals surface area contributed by atoms with Gasteiger partial charge in [0, 0.05) is 23.7 Å². The standard InChI is InChI=1S/C19H24N2O3S2/c22-8-14-18(25-9-20-14)17(24)15-19(26-10-21-15)16(23)13-6-5-11-3-1-2-4-12(11)7-13/h1-4,13-15,18-22H,5-10H2/t13-,14-,15-,18?,19?/m1/s1. The van der Waals surface area contributed by atoms with Crippen molar-refractivity contribution in [2.45, 2.75) is 41.8 Å². The molecule has 140 valence electrons. The molecule has 7 heteroatoms. The molecule has 5 nitrogen and oxygen atoms in total. The summed E-state index contributed by atoms with van der Waals surface area (Å²) in [5.74, 6) is 1.56. The molecule has 0 spiro atoms. The van der Waals surface area contributed by atoms with Gasteiger partial charge in [-0.1, -0.05) is 24.3 Å². The van der Waals surface area contributed by atoms with E-state index >= 15 is 0 Å². The van der Waals surface area contributed by atoms with Gasteiger partial charge in [0.05, 0.1) is 23.1 Å². The van der Waals surface area contributed by atoms with Gasteiger partial charge in [0.25, 0.3) is 0 Å². The molecule has 5 atom stereocenters. The first-order valence-electron chi connectivity index (χ1n) is 9.14. The highest BCUT2D eigenvalue weighted by molar-refractivity contribution is 8.01. The van der Waals surface area contributed by atoms with E-state index in [2.05, 4.69) is 28.8 Å². The van der Waals surface area contributed by atoms with E-state index in [1.165, 1.54) is 22.9 Å². The summed E-state index contributed by atoms with van der Waals surface area (Å²) in [6, 6.07) is 7.70. The summed E-state index contributed by atoms with van der Waals surface area (Å²) in [7, 11) is 0. The minimum absolute atomic E-state index is 0.000551. The molecule has 0 aromatic heterocycles. The van der Waals surface area contributed by atoms with Crippen molar-refractivity contribution in [3.05, 3.63) is 35.4 Å². The van der Waals surface area contributed by atoms with Gasteiger partial charge in [-0.15, -0.1) is 23.5 Å². The predicted octanol–water partition coefficient (Wildman–Crippen LogP) is 0.984. The lowest BCUT2D eigenvalue weighted by molar-refractivity contribution is -0.127. The molecule has 2 unspecified atom stereocenters. The fourth-order valence-corrected chi connectivity index (χ4v) is 6.64. The average molecular weight is 393 g/mol. The number of aliphatic hydroxyl groups excluding tert-OH is 1. The Morgan fingerprint density at radius 3 is 2.58 bits per heavy atom. The van der Waals surface area contributed by atoms with Crippen LogP contribution < -0.4 is 10.6 Å². The van der Waals surface area contributed by atoms with Gasteiger partial charge in [-0.3, -0.25) is 14.9 Å². The fraction of sp³-hybridized carbons (Fsp3) is 0.579. The monoisotopic (exact) mass is 392 g/mol. The quantitative estimate of drug-likeness (QED) is 0.690. The maximum Gasteiger partial charge on any atom is 0.165 e. The Morgan fingerprint density at radius 1 is 1.04 bits per heavy atom. The van der Waals surface area contributed by atoms with Gasteiger partial charge in [0.15, 0.2) is 11.6 Å². The fourth-order valence-electron chi connectivity index (χ4n) is 4.19. The van der Waals surface area contributed by atoms with Crippen molar-refractivity contribution in [3.63, 3.8) is 0 Å². The molecule has 1 aliphatic carbocycles. The Kier molecular flexibility index (Phi) is 5.71. The average Bonchev–Trinajstić information content (AvgIpc) is 3.35. The second-order valence-electron chi connectivity index (χ2n) is 7.15. The van der Waals surface area contributed by atoms with Crippen LogP contribution in [-0.4, -0.2) is 57.6 Å². The first-order chi connectivity index (χ1) is 12.7. The van der Waals surface area contributed by atoms with Crippen LogP contribution >= 0.6 is 23.5 Å². The molecule has 0 radical (unpaired) electrons. The molecule has 3 aliphatic rings. The van der Waals surface area contributed by atoms with Crippen LogP contribution in [0.1, 0.15) is 17.5 Å². The van der Waals surface area contributed by atoms with Crippen molar-refractivity contribution in [1.29, 1.82) is 0 Å². The second-order valence-corrected chi connectivity index (χ2v) is 9.41. The van der Waals surface area contributed by atoms with E-state index in [-0.39, 0.29) is 40.6 Å². The molecule has 2 fully saturated rings. The van der Waals surface area contributed by atoms with E-state index in [1.807, 2.05) is 6.07 Å². The van der Waals surface area contributed by atoms with Gasteiger partial charge in [-0.25, -0.2) is 0 Å². The van der Waals surface area contributed by atoms with Crippen LogP contribution in [0.15, 0.2) is 24.3 Å². The normalized spacial score (nSPS) is 33.8. The Labute approximate surface area is 162 Å². The number of carbonyl (C=O) groups is 2. The summed E-state index contributed by atoms with van der Waals surface area (Å²) in [5, 5.41) is 15.3. The Bertz CT molecular complexity index is 699. The first kappa shape index (κ1) is 18.5. The predicted molar refractivity (Wildman–Crippen MR) is 105 cm³/mol. The summed E-state index contributed by atoms with van der Waals surface area (Å²) in [6.45, 7) is -0.0543. The Morgan fingerprint density at radius 2 is 1.77 bits per heavy atom. The van der Waals surface area contributed by atoms with Crippen LogP contribution in [0, 0.1) is 5.92 Å². The molecular weight excluding hydrogens is 368 g/mol. The van der Waals surface area contributed by atoms with Crippen LogP contribution in [0.5, 0.6) is 0 Å². The lowest BCUT2D eigenvalue weighted by Gasteiger charge is -2.28. The SMILES string of the molecule is O=C(C1SCN[C@@H]1C(=O)C1SCN[C@@H]1CO)[C@@H]1CCc2ccccc2C1. The minimum Gasteiger partial charge on any atom is -0.395 e. The zero-order chi connectivity index (χ0) is 18.1. The molecule has 1 aromatic rings. The van der Waals surface area contributed by atoms with Crippen molar-refractivity contribution in [1.82, 2.24) is 10.6 Å². The van der Waals surface area contributed by atoms with Crippen LogP contribution in [0.2, 0.25) is 0 Å². The van der Waals surface area contributed by atoms with Crippen LogP contribution in [0.4, 0.5) is 0 Å². The molecule has 2 aliphatic heterocycles. The van der Waals surface area contributed by atoms with E-state index < -0.39 is 6.04 Å². The highest BCUT2D eigenvalue weighted by Crippen LogP contribution is 2.34. The lowest BCUT2D eigenvalue weighted by atomic mass is 9.80. The van der Waals surface area contributed by atoms with E-state index in [0.29, 0.717) is 11.8 Å². The number of aryl methyl sites for hydroxylation is 1. The molecule has 26 heavy (non-hydrogen) atoms. The Balaban J connectivity index is 1.46. The molecule has 2 heterocycles. The van der Waals surface area contributed by atoms with Gasteiger partial charge in [0.2, 0.25) is 0 Å². The molecule has 1 aromatic carbocycles. The number of rotatable bonds is 5. The first-order valence-corrected chi connectivity index (χ1v) is 11.2. The maximum absolute atomic E-state index is 13.2. The summed E-state index contributed by atoms with van der Waals surface area (Å²) in [4.78, 5) is 26.2. The number of carbonyl (C=O) groups excluding carboxylic acids is 2. The summed E-state index contributed by atoms with van der Waals surface area (Å²) >= 11 is 3.08. The molecular formula is C19H24N2O3S2. The highest BCUT2D eigenvalue weighted by Gasteiger charge is 2.45. The number of hydrogen-bond acceptors (Lipinski definition) is 7. The van der Waals surface area contributed by atoms with Gasteiger partial charge in [-0.2, -0.15) is 0 Å². The number of ketones is 2. The largest absolute Gasteiger partial charge is 0.395 e. The zero-order valence-electron chi connectivity index (χ0n) is 14.5. The third-order valence-corrected chi connectivity index (χ3v) is 8.11. The van der Waals surface area contributed by atoms with E-state index in [9.17, 15) is 14.7 Å². The van der Waals surface area contributed by atoms with Crippen molar-refractivity contribution < 1.29 is 14.7 Å². The van der Waals surface area contributed by atoms with Crippen LogP contribution in [0.3, 0.4) is 0 Å². The lowest BCUT2D eigenvalue weighted by Crippen LogP contribution is -2.51. The number of benzene rings is 1. The van der Waals surface area contributed by atoms with E-state index in [1.54, 1.807) is 11.8 Å². The summed E-state index contributed by atoms with van der Waals surface area (Å²) in [6.07, 6.45) is 2.59. The molecule has 0 saturated carbocycles. The molecule has 2 saturated heterocycles. The number of thioether (sulfide) groups is 2. The number of fused-ring (bicyclic) bond motifs is 1.